The zero-order valence-electron chi connectivity index (χ0n) is 19.4. The number of likely N-dealkylation sites (tertiary alicyclic amines) is 1. The molecule has 3 aliphatic rings. The van der Waals surface area contributed by atoms with Crippen molar-refractivity contribution in [3.05, 3.63) is 88.7 Å². The van der Waals surface area contributed by atoms with Crippen LogP contribution in [-0.4, -0.2) is 36.1 Å². The van der Waals surface area contributed by atoms with Crippen LogP contribution in [0.25, 0.3) is 5.70 Å². The minimum atomic E-state index is -0.399. The number of carbonyl (C=O) groups is 2. The summed E-state index contributed by atoms with van der Waals surface area (Å²) in [6.07, 6.45) is 5.70. The molecule has 0 bridgehead atoms. The number of fused-ring (bicyclic) bond motifs is 1. The maximum absolute atomic E-state index is 14.3. The highest BCUT2D eigenvalue weighted by molar-refractivity contribution is 6.08. The summed E-state index contributed by atoms with van der Waals surface area (Å²) in [5, 5.41) is 0. The number of nitrogens with zero attached hydrogens (tertiary/aromatic N) is 1. The summed E-state index contributed by atoms with van der Waals surface area (Å²) in [7, 11) is 0. The summed E-state index contributed by atoms with van der Waals surface area (Å²) in [6.45, 7) is 2.53. The number of hydrogen-bond donors (Lipinski definition) is 1. The van der Waals surface area contributed by atoms with Gasteiger partial charge in [-0.25, -0.2) is 14.3 Å². The number of hydrogen-bond acceptors (Lipinski definition) is 5. The Morgan fingerprint density at radius 3 is 2.54 bits per heavy atom. The van der Waals surface area contributed by atoms with Gasteiger partial charge in [0, 0.05) is 23.0 Å². The first kappa shape index (κ1) is 23.4. The van der Waals surface area contributed by atoms with E-state index in [9.17, 15) is 18.4 Å². The maximum atomic E-state index is 14.3. The summed E-state index contributed by atoms with van der Waals surface area (Å²) in [4.78, 5) is 33.7. The number of nitrogens with one attached hydrogen (secondary N) is 1. The molecule has 182 valence electrons. The molecule has 2 aromatic rings. The molecular weight excluding hydrogens is 450 g/mol. The average molecular weight is 479 g/mol. The minimum Gasteiger partial charge on any atom is -0.382 e. The van der Waals surface area contributed by atoms with E-state index in [1.807, 2.05) is 6.08 Å². The quantitative estimate of drug-likeness (QED) is 0.564. The topological polar surface area (TPSA) is 58.6 Å². The molecule has 2 aromatic carbocycles. The summed E-state index contributed by atoms with van der Waals surface area (Å²) >= 11 is 0. The highest BCUT2D eigenvalue weighted by Crippen LogP contribution is 2.37. The molecule has 2 aliphatic heterocycles. The molecule has 1 aliphatic carbocycles. The lowest BCUT2D eigenvalue weighted by molar-refractivity contribution is -0.119. The predicted octanol–water partition coefficient (Wildman–Crippen LogP) is 5.06. The van der Waals surface area contributed by atoms with Gasteiger partial charge in [0.2, 0.25) is 0 Å². The lowest BCUT2D eigenvalue weighted by atomic mass is 9.83. The lowest BCUT2D eigenvalue weighted by Crippen LogP contribution is -2.37. The second kappa shape index (κ2) is 10.1. The van der Waals surface area contributed by atoms with E-state index in [1.165, 1.54) is 18.2 Å². The minimum absolute atomic E-state index is 0.00523. The first-order chi connectivity index (χ1) is 17.0. The molecule has 1 unspecified atom stereocenters. The van der Waals surface area contributed by atoms with Crippen molar-refractivity contribution < 1.29 is 23.2 Å². The van der Waals surface area contributed by atoms with Gasteiger partial charge in [0.25, 0.3) is 0 Å². The van der Waals surface area contributed by atoms with E-state index in [0.29, 0.717) is 34.6 Å². The third-order valence-electron chi connectivity index (χ3n) is 7.22. The van der Waals surface area contributed by atoms with Crippen molar-refractivity contribution in [2.75, 3.05) is 19.6 Å². The molecule has 7 heteroatoms. The van der Waals surface area contributed by atoms with Crippen LogP contribution in [0.15, 0.2) is 65.9 Å². The predicted molar refractivity (Wildman–Crippen MR) is 128 cm³/mol. The number of rotatable bonds is 7. The van der Waals surface area contributed by atoms with Crippen LogP contribution in [0.2, 0.25) is 0 Å². The molecule has 5 nitrogen and oxygen atoms in total. The Kier molecular flexibility index (Phi) is 6.77. The van der Waals surface area contributed by atoms with Gasteiger partial charge in [0.15, 0.2) is 17.3 Å². The highest BCUT2D eigenvalue weighted by Gasteiger charge is 2.37. The smallest absolute Gasteiger partial charge is 0.172 e. The summed E-state index contributed by atoms with van der Waals surface area (Å²) in [5.74, 6) is -0.354. The molecule has 1 N–H and O–H groups in total. The Bertz CT molecular complexity index is 1180. The Morgan fingerprint density at radius 2 is 1.80 bits per heavy atom. The van der Waals surface area contributed by atoms with Crippen molar-refractivity contribution in [1.82, 2.24) is 10.4 Å². The fourth-order valence-electron chi connectivity index (χ4n) is 5.21. The van der Waals surface area contributed by atoms with E-state index in [4.69, 9.17) is 4.84 Å². The molecule has 35 heavy (non-hydrogen) atoms. The summed E-state index contributed by atoms with van der Waals surface area (Å²) < 4.78 is 27.4. The van der Waals surface area contributed by atoms with Crippen LogP contribution >= 0.6 is 0 Å². The molecule has 0 amide bonds. The van der Waals surface area contributed by atoms with Gasteiger partial charge in [-0.1, -0.05) is 12.1 Å². The van der Waals surface area contributed by atoms with E-state index in [0.717, 1.165) is 45.3 Å². The number of ketones is 2. The Hall–Kier alpha value is -3.32. The van der Waals surface area contributed by atoms with Crippen LogP contribution in [0.4, 0.5) is 8.78 Å². The van der Waals surface area contributed by atoms with E-state index in [-0.39, 0.29) is 29.2 Å². The molecule has 0 radical (unpaired) electrons. The number of allylic oxidation sites excluding steroid dienone is 2. The van der Waals surface area contributed by atoms with Gasteiger partial charge in [-0.2, -0.15) is 0 Å². The highest BCUT2D eigenvalue weighted by atomic mass is 19.1. The van der Waals surface area contributed by atoms with Gasteiger partial charge in [-0.05, 0) is 94.2 Å². The molecule has 1 atom stereocenters. The lowest BCUT2D eigenvalue weighted by Gasteiger charge is -2.31. The van der Waals surface area contributed by atoms with Gasteiger partial charge >= 0.3 is 0 Å². The van der Waals surface area contributed by atoms with Crippen molar-refractivity contribution in [2.45, 2.75) is 32.1 Å². The molecule has 2 heterocycles. The van der Waals surface area contributed by atoms with Crippen molar-refractivity contribution in [3.63, 3.8) is 0 Å². The fraction of sp³-hybridized carbons (Fsp3) is 0.357. The summed E-state index contributed by atoms with van der Waals surface area (Å²) in [6, 6.07) is 12.1. The molecule has 0 aromatic heterocycles. The van der Waals surface area contributed by atoms with Gasteiger partial charge in [-0.3, -0.25) is 9.59 Å². The molecule has 1 fully saturated rings. The van der Waals surface area contributed by atoms with Crippen LogP contribution < -0.4 is 5.48 Å². The third kappa shape index (κ3) is 4.91. The maximum Gasteiger partial charge on any atom is 0.172 e. The van der Waals surface area contributed by atoms with E-state index >= 15 is 0 Å². The summed E-state index contributed by atoms with van der Waals surface area (Å²) in [5.41, 5.74) is 4.48. The van der Waals surface area contributed by atoms with E-state index in [1.54, 1.807) is 30.3 Å². The molecule has 5 rings (SSSR count). The standard InChI is InChI=1S/C28H28F2N2O3/c29-21-10-7-19(8-11-21)27(33)20-13-16-32(17-14-20)15-3-4-18-9-12-24-25(28(18)34)26(31-35-24)22-5-1-2-6-23(22)30/h1-2,5-8,10-12,18,20,31H,3-4,9,13-17H2. The van der Waals surface area contributed by atoms with Gasteiger partial charge in [-0.15, -0.1) is 0 Å². The zero-order chi connectivity index (χ0) is 24.4. The molecular formula is C28H28F2N2O3. The van der Waals surface area contributed by atoms with Crippen molar-refractivity contribution in [3.8, 4) is 0 Å². The normalized spacial score (nSPS) is 20.8. The zero-order valence-corrected chi connectivity index (χ0v) is 19.4. The number of benzene rings is 2. The average Bonchev–Trinajstić information content (AvgIpc) is 3.31. The van der Waals surface area contributed by atoms with Gasteiger partial charge in [0.1, 0.15) is 11.6 Å². The number of Topliss-reactive ketones (excluding diaryl/α,β-unsaturated/α-hetero) is 2. The number of carbonyl (C=O) groups excluding carboxylic acids is 2. The van der Waals surface area contributed by atoms with E-state index < -0.39 is 5.82 Å². The van der Waals surface area contributed by atoms with E-state index in [2.05, 4.69) is 10.4 Å². The van der Waals surface area contributed by atoms with Crippen molar-refractivity contribution in [1.29, 1.82) is 0 Å². The first-order valence-corrected chi connectivity index (χ1v) is 12.2. The van der Waals surface area contributed by atoms with Crippen LogP contribution in [0.5, 0.6) is 0 Å². The molecule has 0 saturated carbocycles. The number of hydroxylamine groups is 1. The number of halogens is 2. The first-order valence-electron chi connectivity index (χ1n) is 12.2. The van der Waals surface area contributed by atoms with Crippen LogP contribution in [0, 0.1) is 23.5 Å². The van der Waals surface area contributed by atoms with Gasteiger partial charge in [0.05, 0.1) is 11.3 Å². The van der Waals surface area contributed by atoms with Crippen LogP contribution in [-0.2, 0) is 9.63 Å². The Morgan fingerprint density at radius 1 is 1.06 bits per heavy atom. The third-order valence-corrected chi connectivity index (χ3v) is 7.22. The fourth-order valence-corrected chi connectivity index (χ4v) is 5.21. The second-order valence-corrected chi connectivity index (χ2v) is 9.43. The Labute approximate surface area is 203 Å². The molecule has 0 spiro atoms. The SMILES string of the molecule is O=C1C2=C(c3ccccc3F)NOC2=CCC1CCCN1CCC(C(=O)c2ccc(F)cc2)CC1. The largest absolute Gasteiger partial charge is 0.382 e. The van der Waals surface area contributed by atoms with Crippen LogP contribution in [0.3, 0.4) is 0 Å². The van der Waals surface area contributed by atoms with Crippen LogP contribution in [0.1, 0.15) is 48.0 Å². The van der Waals surface area contributed by atoms with Gasteiger partial charge < -0.3 is 9.74 Å². The monoisotopic (exact) mass is 478 g/mol. The van der Waals surface area contributed by atoms with Crippen molar-refractivity contribution >= 4 is 17.3 Å². The Balaban J connectivity index is 1.14. The number of piperidine rings is 1. The van der Waals surface area contributed by atoms with Crippen molar-refractivity contribution in [2.24, 2.45) is 11.8 Å². The molecule has 1 saturated heterocycles. The second-order valence-electron chi connectivity index (χ2n) is 9.43.